The second kappa shape index (κ2) is 6.83. The van der Waals surface area contributed by atoms with Crippen LogP contribution in [0.5, 0.6) is 0 Å². The number of aromatic carboxylic acids is 1. The minimum atomic E-state index is -1.14. The molecule has 0 aliphatic carbocycles. The number of nitrogens with zero attached hydrogens (tertiary/aromatic N) is 2. The fourth-order valence-electron chi connectivity index (χ4n) is 2.57. The van der Waals surface area contributed by atoms with E-state index < -0.39 is 11.8 Å². The van der Waals surface area contributed by atoms with Gasteiger partial charge in [0.05, 0.1) is 16.9 Å². The number of aromatic nitrogens is 2. The molecule has 1 heterocycles. The molecule has 7 heteroatoms. The Morgan fingerprint density at radius 3 is 2.44 bits per heavy atom. The van der Waals surface area contributed by atoms with E-state index in [4.69, 9.17) is 0 Å². The molecular weight excluding hydrogens is 436 g/mol. The van der Waals surface area contributed by atoms with Gasteiger partial charge < -0.3 is 10.4 Å². The van der Waals surface area contributed by atoms with Crippen LogP contribution in [0.3, 0.4) is 0 Å². The zero-order valence-corrected chi connectivity index (χ0v) is 15.7. The normalized spacial score (nSPS) is 10.7. The molecule has 0 unspecified atom stereocenters. The van der Waals surface area contributed by atoms with E-state index >= 15 is 0 Å². The van der Waals surface area contributed by atoms with E-state index in [1.165, 1.54) is 16.8 Å². The van der Waals surface area contributed by atoms with Gasteiger partial charge in [-0.25, -0.2) is 13.9 Å². The first kappa shape index (κ1) is 17.4. The number of carboxylic acid groups (broad SMARTS) is 1. The number of hydrogen-bond donors (Lipinski definition) is 2. The number of carboxylic acids is 1. The number of halogens is 2. The first-order chi connectivity index (χ1) is 11.8. The summed E-state index contributed by atoms with van der Waals surface area (Å²) in [6.45, 7) is 3.59. The largest absolute Gasteiger partial charge is 0.478 e. The zero-order chi connectivity index (χ0) is 18.1. The Kier molecular flexibility index (Phi) is 4.76. The number of aryl methyl sites for hydroxylation is 2. The molecular formula is C18H15FIN3O2. The predicted molar refractivity (Wildman–Crippen MR) is 102 cm³/mol. The molecule has 0 aliphatic rings. The second-order valence-electron chi connectivity index (χ2n) is 5.63. The topological polar surface area (TPSA) is 67.2 Å². The molecule has 0 saturated heterocycles. The highest BCUT2D eigenvalue weighted by atomic mass is 127. The van der Waals surface area contributed by atoms with Crippen molar-refractivity contribution >= 4 is 39.9 Å². The highest BCUT2D eigenvalue weighted by molar-refractivity contribution is 14.1. The Morgan fingerprint density at radius 1 is 1.20 bits per heavy atom. The summed E-state index contributed by atoms with van der Waals surface area (Å²) in [4.78, 5) is 11.7. The highest BCUT2D eigenvalue weighted by Crippen LogP contribution is 2.27. The molecule has 0 spiro atoms. The van der Waals surface area contributed by atoms with Crippen LogP contribution < -0.4 is 5.32 Å². The molecule has 0 radical (unpaired) electrons. The number of rotatable bonds is 4. The van der Waals surface area contributed by atoms with Crippen LogP contribution in [-0.4, -0.2) is 20.9 Å². The van der Waals surface area contributed by atoms with Crippen LogP contribution in [-0.2, 0) is 0 Å². The van der Waals surface area contributed by atoms with Gasteiger partial charge >= 0.3 is 5.97 Å². The first-order valence-corrected chi connectivity index (χ1v) is 8.56. The van der Waals surface area contributed by atoms with Gasteiger partial charge in [0.15, 0.2) is 5.82 Å². The molecule has 128 valence electrons. The molecule has 3 aromatic rings. The number of nitrogens with one attached hydrogen (secondary N) is 1. The Hall–Kier alpha value is -2.42. The highest BCUT2D eigenvalue weighted by Gasteiger charge is 2.18. The third-order valence-corrected chi connectivity index (χ3v) is 4.40. The van der Waals surface area contributed by atoms with Crippen molar-refractivity contribution in [1.29, 1.82) is 0 Å². The number of anilines is 2. The lowest BCUT2D eigenvalue weighted by Gasteiger charge is -2.13. The van der Waals surface area contributed by atoms with E-state index in [0.29, 0.717) is 5.69 Å². The Balaban J connectivity index is 2.08. The summed E-state index contributed by atoms with van der Waals surface area (Å²) < 4.78 is 17.1. The summed E-state index contributed by atoms with van der Waals surface area (Å²) in [6.07, 6.45) is 0. The maximum atomic E-state index is 14.6. The van der Waals surface area contributed by atoms with Crippen LogP contribution in [0.15, 0.2) is 42.5 Å². The van der Waals surface area contributed by atoms with Gasteiger partial charge in [-0.1, -0.05) is 0 Å². The number of benzene rings is 2. The average Bonchev–Trinajstić information content (AvgIpc) is 2.88. The van der Waals surface area contributed by atoms with Crippen LogP contribution in [0, 0.1) is 23.2 Å². The lowest BCUT2D eigenvalue weighted by atomic mass is 10.1. The van der Waals surface area contributed by atoms with Gasteiger partial charge in [0.2, 0.25) is 0 Å². The van der Waals surface area contributed by atoms with Crippen molar-refractivity contribution in [2.45, 2.75) is 13.8 Å². The first-order valence-electron chi connectivity index (χ1n) is 7.48. The summed E-state index contributed by atoms with van der Waals surface area (Å²) in [5, 5.41) is 16.7. The summed E-state index contributed by atoms with van der Waals surface area (Å²) in [6, 6.07) is 11.7. The van der Waals surface area contributed by atoms with Crippen LogP contribution in [0.25, 0.3) is 5.69 Å². The molecule has 0 atom stereocenters. The smallest absolute Gasteiger partial charge is 0.337 e. The molecule has 25 heavy (non-hydrogen) atoms. The molecule has 0 amide bonds. The number of carbonyl (C=O) groups is 1. The maximum absolute atomic E-state index is 14.6. The van der Waals surface area contributed by atoms with Crippen molar-refractivity contribution in [3.8, 4) is 5.69 Å². The van der Waals surface area contributed by atoms with Crippen LogP contribution >= 0.6 is 22.6 Å². The van der Waals surface area contributed by atoms with Gasteiger partial charge in [0.25, 0.3) is 0 Å². The average molecular weight is 451 g/mol. The van der Waals surface area contributed by atoms with E-state index in [9.17, 15) is 14.3 Å². The fourth-order valence-corrected chi connectivity index (χ4v) is 2.93. The lowest BCUT2D eigenvalue weighted by molar-refractivity contribution is 0.0698. The minimum Gasteiger partial charge on any atom is -0.478 e. The van der Waals surface area contributed by atoms with E-state index in [1.54, 1.807) is 32.0 Å². The van der Waals surface area contributed by atoms with Gasteiger partial charge in [-0.05, 0) is 72.8 Å². The van der Waals surface area contributed by atoms with Crippen molar-refractivity contribution in [3.63, 3.8) is 0 Å². The molecule has 0 fully saturated rings. The molecule has 0 saturated carbocycles. The molecule has 2 aromatic carbocycles. The number of hydrogen-bond acceptors (Lipinski definition) is 3. The van der Waals surface area contributed by atoms with Gasteiger partial charge in [0, 0.05) is 21.0 Å². The monoisotopic (exact) mass is 451 g/mol. The van der Waals surface area contributed by atoms with E-state index in [0.717, 1.165) is 15.0 Å². The van der Waals surface area contributed by atoms with Gasteiger partial charge in [-0.3, -0.25) is 0 Å². The predicted octanol–water partition coefficient (Wildman–Crippen LogP) is 4.67. The lowest BCUT2D eigenvalue weighted by Crippen LogP contribution is -2.09. The molecule has 1 aromatic heterocycles. The van der Waals surface area contributed by atoms with Gasteiger partial charge in [-0.15, -0.1) is 0 Å². The van der Waals surface area contributed by atoms with Crippen LogP contribution in [0.2, 0.25) is 0 Å². The van der Waals surface area contributed by atoms with Crippen molar-refractivity contribution < 1.29 is 14.3 Å². The maximum Gasteiger partial charge on any atom is 0.337 e. The Morgan fingerprint density at radius 2 is 1.88 bits per heavy atom. The van der Waals surface area contributed by atoms with E-state index in [-0.39, 0.29) is 16.9 Å². The van der Waals surface area contributed by atoms with E-state index in [2.05, 4.69) is 33.0 Å². The Labute approximate surface area is 157 Å². The van der Waals surface area contributed by atoms with Gasteiger partial charge in [0.1, 0.15) is 5.69 Å². The zero-order valence-electron chi connectivity index (χ0n) is 13.5. The Bertz CT molecular complexity index is 952. The van der Waals surface area contributed by atoms with Crippen molar-refractivity contribution in [2.24, 2.45) is 0 Å². The molecule has 3 rings (SSSR count). The summed E-state index contributed by atoms with van der Waals surface area (Å²) in [5.74, 6) is -1.69. The standard InChI is InChI=1S/C18H15FIN3O2/c1-10-7-11(2)23(22-10)17-8-14(18(24)25)16(9-15(17)19)21-13-5-3-12(20)4-6-13/h3-9,21H,1-2H3,(H,24,25). The van der Waals surface area contributed by atoms with Crippen molar-refractivity contribution in [3.05, 3.63) is 68.8 Å². The molecule has 2 N–H and O–H groups in total. The second-order valence-corrected chi connectivity index (χ2v) is 6.87. The quantitative estimate of drug-likeness (QED) is 0.566. The SMILES string of the molecule is Cc1cc(C)n(-c2cc(C(=O)O)c(Nc3ccc(I)cc3)cc2F)n1. The fraction of sp³-hybridized carbons (Fsp3) is 0.111. The van der Waals surface area contributed by atoms with Crippen molar-refractivity contribution in [1.82, 2.24) is 9.78 Å². The van der Waals surface area contributed by atoms with Crippen molar-refractivity contribution in [2.75, 3.05) is 5.32 Å². The summed E-state index contributed by atoms with van der Waals surface area (Å²) >= 11 is 2.17. The third kappa shape index (κ3) is 3.65. The summed E-state index contributed by atoms with van der Waals surface area (Å²) in [7, 11) is 0. The van der Waals surface area contributed by atoms with Crippen LogP contribution in [0.4, 0.5) is 15.8 Å². The molecule has 5 nitrogen and oxygen atoms in total. The van der Waals surface area contributed by atoms with Gasteiger partial charge in [-0.2, -0.15) is 5.10 Å². The molecule has 0 aliphatic heterocycles. The minimum absolute atomic E-state index is 0.0255. The van der Waals surface area contributed by atoms with E-state index in [1.807, 2.05) is 12.1 Å². The van der Waals surface area contributed by atoms with Crippen LogP contribution in [0.1, 0.15) is 21.7 Å². The summed E-state index contributed by atoms with van der Waals surface area (Å²) in [5.41, 5.74) is 2.41. The molecule has 0 bridgehead atoms. The third-order valence-electron chi connectivity index (χ3n) is 3.68.